The van der Waals surface area contributed by atoms with E-state index in [1.807, 2.05) is 0 Å². The minimum Gasteiger partial charge on any atom is -0.282 e. The highest BCUT2D eigenvalue weighted by Crippen LogP contribution is 2.32. The maximum atomic E-state index is 11.3. The molecule has 0 saturated heterocycles. The van der Waals surface area contributed by atoms with E-state index in [-0.39, 0.29) is 9.79 Å². The lowest BCUT2D eigenvalue weighted by Gasteiger charge is -2.08. The molecule has 0 aromatic heterocycles. The summed E-state index contributed by atoms with van der Waals surface area (Å²) in [6.45, 7) is 3.11. The summed E-state index contributed by atoms with van der Waals surface area (Å²) in [4.78, 5) is 0.607. The van der Waals surface area contributed by atoms with Gasteiger partial charge < -0.3 is 0 Å². The Morgan fingerprint density at radius 3 is 1.39 bits per heavy atom. The summed E-state index contributed by atoms with van der Waals surface area (Å²) in [6.07, 6.45) is 0. The van der Waals surface area contributed by atoms with E-state index < -0.39 is 20.2 Å². The van der Waals surface area contributed by atoms with Crippen LogP contribution in [0.2, 0.25) is 0 Å². The van der Waals surface area contributed by atoms with Crippen LogP contribution in [0.4, 0.5) is 0 Å². The van der Waals surface area contributed by atoms with Crippen molar-refractivity contribution in [3.8, 4) is 0 Å². The molecule has 0 aliphatic heterocycles. The van der Waals surface area contributed by atoms with Crippen molar-refractivity contribution < 1.29 is 25.9 Å². The first-order chi connectivity index (χ1) is 10.5. The molecular weight excluding hydrogens is 360 g/mol. The molecule has 0 atom stereocenters. The van der Waals surface area contributed by atoms with Crippen LogP contribution in [0.5, 0.6) is 0 Å². The van der Waals surface area contributed by atoms with Crippen molar-refractivity contribution in [2.24, 2.45) is 0 Å². The first-order valence-electron chi connectivity index (χ1n) is 6.32. The fraction of sp³-hybridized carbons (Fsp3) is 0.143. The van der Waals surface area contributed by atoms with E-state index in [9.17, 15) is 25.9 Å². The summed E-state index contributed by atoms with van der Waals surface area (Å²) in [5.74, 6) is 0. The predicted molar refractivity (Wildman–Crippen MR) is 86.1 cm³/mol. The van der Waals surface area contributed by atoms with Crippen molar-refractivity contribution in [2.45, 2.75) is 33.4 Å². The lowest BCUT2D eigenvalue weighted by molar-refractivity contribution is 0.480. The lowest BCUT2D eigenvalue weighted by Crippen LogP contribution is -2.01. The Balaban J connectivity index is 2.45. The van der Waals surface area contributed by atoms with E-state index in [0.717, 1.165) is 11.8 Å². The smallest absolute Gasteiger partial charge is 0.282 e. The molecule has 0 saturated carbocycles. The van der Waals surface area contributed by atoms with Crippen molar-refractivity contribution in [1.29, 1.82) is 0 Å². The van der Waals surface area contributed by atoms with Crippen molar-refractivity contribution >= 4 is 32.0 Å². The van der Waals surface area contributed by atoms with E-state index in [1.54, 1.807) is 38.1 Å². The van der Waals surface area contributed by atoms with Crippen LogP contribution < -0.4 is 0 Å². The Labute approximate surface area is 139 Å². The first kappa shape index (κ1) is 18.0. The maximum Gasteiger partial charge on any atom is 0.294 e. The number of rotatable bonds is 4. The third-order valence-corrected chi connectivity index (χ3v) is 6.08. The highest BCUT2D eigenvalue weighted by molar-refractivity contribution is 7.99. The quantitative estimate of drug-likeness (QED) is 0.792. The Morgan fingerprint density at radius 2 is 1.09 bits per heavy atom. The summed E-state index contributed by atoms with van der Waals surface area (Å²) >= 11 is 1.11. The van der Waals surface area contributed by atoms with Gasteiger partial charge in [0.2, 0.25) is 0 Å². The van der Waals surface area contributed by atoms with Gasteiger partial charge >= 0.3 is 0 Å². The molecule has 124 valence electrons. The van der Waals surface area contributed by atoms with Gasteiger partial charge in [0, 0.05) is 9.79 Å². The predicted octanol–water partition coefficient (Wildman–Crippen LogP) is 2.95. The summed E-state index contributed by atoms with van der Waals surface area (Å²) in [7, 11) is -8.67. The van der Waals surface area contributed by atoms with Crippen LogP contribution in [0.1, 0.15) is 11.1 Å². The van der Waals surface area contributed by atoms with E-state index >= 15 is 0 Å². The fourth-order valence-electron chi connectivity index (χ4n) is 1.98. The molecule has 9 heteroatoms. The molecule has 23 heavy (non-hydrogen) atoms. The van der Waals surface area contributed by atoms with E-state index in [4.69, 9.17) is 0 Å². The highest BCUT2D eigenvalue weighted by Gasteiger charge is 2.16. The van der Waals surface area contributed by atoms with E-state index in [1.165, 1.54) is 12.1 Å². The van der Waals surface area contributed by atoms with Crippen LogP contribution in [0.25, 0.3) is 0 Å². The van der Waals surface area contributed by atoms with E-state index in [2.05, 4.69) is 0 Å². The van der Waals surface area contributed by atoms with Crippen LogP contribution in [0, 0.1) is 13.8 Å². The minimum atomic E-state index is -4.34. The van der Waals surface area contributed by atoms with Gasteiger partial charge in [-0.05, 0) is 49.2 Å². The van der Waals surface area contributed by atoms with Crippen molar-refractivity contribution in [3.05, 3.63) is 47.5 Å². The molecule has 0 unspecified atom stereocenters. The molecule has 6 nitrogen and oxygen atoms in total. The van der Waals surface area contributed by atoms with Gasteiger partial charge in [0.1, 0.15) is 0 Å². The topological polar surface area (TPSA) is 109 Å². The lowest BCUT2D eigenvalue weighted by atomic mass is 10.2. The number of benzene rings is 2. The largest absolute Gasteiger partial charge is 0.294 e. The van der Waals surface area contributed by atoms with Gasteiger partial charge in [-0.2, -0.15) is 16.8 Å². The Kier molecular flexibility index (Phi) is 4.88. The van der Waals surface area contributed by atoms with Crippen LogP contribution >= 0.6 is 11.8 Å². The Hall–Kier alpha value is -1.39. The minimum absolute atomic E-state index is 0.204. The molecule has 0 aliphatic carbocycles. The van der Waals surface area contributed by atoms with Crippen LogP contribution in [-0.4, -0.2) is 25.9 Å². The first-order valence-corrected chi connectivity index (χ1v) is 10.0. The molecule has 2 rings (SSSR count). The highest BCUT2D eigenvalue weighted by atomic mass is 32.2. The molecule has 2 aromatic rings. The number of aryl methyl sites for hydroxylation is 2. The van der Waals surface area contributed by atoms with Gasteiger partial charge in [-0.1, -0.05) is 23.9 Å². The van der Waals surface area contributed by atoms with Crippen LogP contribution in [0.15, 0.2) is 56.0 Å². The average molecular weight is 374 g/mol. The van der Waals surface area contributed by atoms with Crippen molar-refractivity contribution in [2.75, 3.05) is 0 Å². The summed E-state index contributed by atoms with van der Waals surface area (Å²) in [5, 5.41) is 0. The van der Waals surface area contributed by atoms with E-state index in [0.29, 0.717) is 20.9 Å². The Morgan fingerprint density at radius 1 is 0.739 bits per heavy atom. The molecule has 2 N–H and O–H groups in total. The molecule has 0 fully saturated rings. The Bertz CT molecular complexity index is 883. The zero-order chi connectivity index (χ0) is 17.4. The molecule has 0 aliphatic rings. The summed E-state index contributed by atoms with van der Waals surface area (Å²) < 4.78 is 63.7. The normalized spacial score (nSPS) is 12.3. The zero-order valence-electron chi connectivity index (χ0n) is 12.2. The number of hydrogen-bond acceptors (Lipinski definition) is 5. The maximum absolute atomic E-state index is 11.3. The second-order valence-electron chi connectivity index (χ2n) is 4.91. The van der Waals surface area contributed by atoms with Gasteiger partial charge in [0.15, 0.2) is 0 Å². The molecule has 0 amide bonds. The molecule has 0 heterocycles. The third kappa shape index (κ3) is 4.33. The molecule has 0 bridgehead atoms. The van der Waals surface area contributed by atoms with Crippen molar-refractivity contribution in [3.63, 3.8) is 0 Å². The van der Waals surface area contributed by atoms with Gasteiger partial charge in [-0.15, -0.1) is 0 Å². The third-order valence-electron chi connectivity index (χ3n) is 3.11. The molecule has 0 spiro atoms. The standard InChI is InChI=1S/C14H14O6S3/c1-9-3-5-11(7-13(9)22(15,16)17)21-12-6-4-10(2)14(8-12)23(18,19)20/h3-8H,1-2H3,(H,15,16,17)(H,18,19,20). The summed E-state index contributed by atoms with van der Waals surface area (Å²) in [6, 6.07) is 9.01. The summed E-state index contributed by atoms with van der Waals surface area (Å²) in [5.41, 5.74) is 0.804. The second-order valence-corrected chi connectivity index (χ2v) is 8.83. The van der Waals surface area contributed by atoms with Gasteiger partial charge in [0.25, 0.3) is 20.2 Å². The van der Waals surface area contributed by atoms with Crippen LogP contribution in [-0.2, 0) is 20.2 Å². The van der Waals surface area contributed by atoms with Crippen molar-refractivity contribution in [1.82, 2.24) is 0 Å². The SMILES string of the molecule is Cc1ccc(Sc2ccc(C)c(S(=O)(=O)O)c2)cc1S(=O)(=O)O. The van der Waals surface area contributed by atoms with Crippen LogP contribution in [0.3, 0.4) is 0 Å². The van der Waals surface area contributed by atoms with Gasteiger partial charge in [0.05, 0.1) is 9.79 Å². The monoisotopic (exact) mass is 374 g/mol. The number of hydrogen-bond donors (Lipinski definition) is 2. The molecule has 0 radical (unpaired) electrons. The molecular formula is C14H14O6S3. The average Bonchev–Trinajstić information content (AvgIpc) is 2.40. The van der Waals surface area contributed by atoms with Gasteiger partial charge in [-0.25, -0.2) is 0 Å². The second kappa shape index (κ2) is 6.25. The van der Waals surface area contributed by atoms with Gasteiger partial charge in [-0.3, -0.25) is 9.11 Å². The molecule has 2 aromatic carbocycles. The fourth-order valence-corrected chi connectivity index (χ4v) is 4.53. The zero-order valence-corrected chi connectivity index (χ0v) is 14.7.